The number of likely N-dealkylation sites (tertiary alicyclic amines) is 1. The molecule has 2 saturated heterocycles. The van der Waals surface area contributed by atoms with E-state index < -0.39 is 0 Å². The van der Waals surface area contributed by atoms with Gasteiger partial charge in [-0.25, -0.2) is 0 Å². The van der Waals surface area contributed by atoms with Gasteiger partial charge in [-0.2, -0.15) is 0 Å². The molecule has 1 aromatic rings. The van der Waals surface area contributed by atoms with Crippen LogP contribution in [0.5, 0.6) is 0 Å². The first-order chi connectivity index (χ1) is 10.8. The monoisotopic (exact) mass is 335 g/mol. The van der Waals surface area contributed by atoms with Gasteiger partial charge in [-0.1, -0.05) is 12.1 Å². The smallest absolute Gasteiger partial charge is 0.257 e. The second-order valence-electron chi connectivity index (χ2n) is 6.36. The number of fused-ring (bicyclic) bond motifs is 2. The summed E-state index contributed by atoms with van der Waals surface area (Å²) in [5.41, 5.74) is 1.75. The highest BCUT2D eigenvalue weighted by Crippen LogP contribution is 2.35. The maximum absolute atomic E-state index is 12.7. The molecule has 0 aliphatic carbocycles. The van der Waals surface area contributed by atoms with Crippen LogP contribution in [0.4, 0.5) is 5.69 Å². The molecule has 0 radical (unpaired) electrons. The van der Waals surface area contributed by atoms with Gasteiger partial charge in [0.1, 0.15) is 6.17 Å². The molecule has 7 heteroatoms. The predicted octanol–water partition coefficient (Wildman–Crippen LogP) is 0.389. The molecule has 7 nitrogen and oxygen atoms in total. The molecular weight excluding hydrogens is 310 g/mol. The van der Waals surface area contributed by atoms with Crippen LogP contribution in [-0.2, 0) is 4.79 Å². The highest BCUT2D eigenvalue weighted by Gasteiger charge is 2.39. The third kappa shape index (κ3) is 2.85. The second kappa shape index (κ2) is 7.19. The van der Waals surface area contributed by atoms with Crippen molar-refractivity contribution in [1.82, 2.24) is 9.80 Å². The lowest BCUT2D eigenvalue weighted by atomic mass is 9.99. The third-order valence-corrected chi connectivity index (χ3v) is 5.03. The van der Waals surface area contributed by atoms with Crippen molar-refractivity contribution in [1.29, 1.82) is 0 Å². The van der Waals surface area contributed by atoms with Crippen LogP contribution in [0.3, 0.4) is 0 Å². The Balaban J connectivity index is 0.00000104. The minimum absolute atomic E-state index is 0. The topological polar surface area (TPSA) is 107 Å². The molecule has 3 heterocycles. The molecule has 2 fully saturated rings. The summed E-state index contributed by atoms with van der Waals surface area (Å²) in [7, 11) is 0. The fraction of sp³-hybridized carbons (Fsp3) is 0.529. The Morgan fingerprint density at radius 2 is 1.79 bits per heavy atom. The summed E-state index contributed by atoms with van der Waals surface area (Å²) in [5, 5.41) is 0. The Hall–Kier alpha value is -2.12. The number of hydrogen-bond acceptors (Lipinski definition) is 3. The van der Waals surface area contributed by atoms with Gasteiger partial charge in [0.25, 0.3) is 5.91 Å². The van der Waals surface area contributed by atoms with Crippen LogP contribution in [0.25, 0.3) is 0 Å². The van der Waals surface area contributed by atoms with Crippen LogP contribution >= 0.6 is 0 Å². The van der Waals surface area contributed by atoms with Crippen molar-refractivity contribution in [2.75, 3.05) is 24.7 Å². The molecule has 4 rings (SSSR count). The molecule has 24 heavy (non-hydrogen) atoms. The molecule has 0 unspecified atom stereocenters. The number of rotatable bonds is 2. The third-order valence-electron chi connectivity index (χ3n) is 5.03. The van der Waals surface area contributed by atoms with E-state index in [4.69, 9.17) is 0 Å². The Kier molecular flexibility index (Phi) is 5.46. The number of nitrogens with zero attached hydrogens (tertiary/aromatic N) is 3. The highest BCUT2D eigenvalue weighted by molar-refractivity contribution is 6.02. The lowest BCUT2D eigenvalue weighted by molar-refractivity contribution is -0.127. The number of hydrogen-bond donors (Lipinski definition) is 0. The lowest BCUT2D eigenvalue weighted by Crippen LogP contribution is -2.59. The SMILES string of the molecule is O.O.O=C1CCCN1CN1c2ccccc2C(=O)N2CCCC[C@@H]21. The minimum atomic E-state index is 0. The zero-order valence-corrected chi connectivity index (χ0v) is 13.7. The average molecular weight is 335 g/mol. The molecule has 3 aliphatic heterocycles. The van der Waals surface area contributed by atoms with E-state index in [-0.39, 0.29) is 28.9 Å². The Morgan fingerprint density at radius 1 is 1.00 bits per heavy atom. The van der Waals surface area contributed by atoms with Crippen molar-refractivity contribution in [3.8, 4) is 0 Å². The molecule has 1 aromatic carbocycles. The molecule has 0 aromatic heterocycles. The number of carbonyl (C=O) groups excluding carboxylic acids is 2. The van der Waals surface area contributed by atoms with Crippen LogP contribution < -0.4 is 4.90 Å². The Morgan fingerprint density at radius 3 is 2.54 bits per heavy atom. The second-order valence-corrected chi connectivity index (χ2v) is 6.36. The van der Waals surface area contributed by atoms with Gasteiger partial charge >= 0.3 is 0 Å². The zero-order valence-electron chi connectivity index (χ0n) is 13.7. The summed E-state index contributed by atoms with van der Waals surface area (Å²) < 4.78 is 0. The largest absolute Gasteiger partial charge is 0.412 e. The van der Waals surface area contributed by atoms with Crippen LogP contribution in [0.15, 0.2) is 24.3 Å². The first-order valence-corrected chi connectivity index (χ1v) is 8.20. The van der Waals surface area contributed by atoms with Crippen molar-refractivity contribution in [3.63, 3.8) is 0 Å². The minimum Gasteiger partial charge on any atom is -0.412 e. The zero-order chi connectivity index (χ0) is 15.1. The molecule has 0 spiro atoms. The van der Waals surface area contributed by atoms with Crippen molar-refractivity contribution >= 4 is 17.5 Å². The van der Waals surface area contributed by atoms with Crippen LogP contribution in [0, 0.1) is 0 Å². The van der Waals surface area contributed by atoms with E-state index >= 15 is 0 Å². The molecule has 4 N–H and O–H groups in total. The van der Waals surface area contributed by atoms with Crippen LogP contribution in [0.2, 0.25) is 0 Å². The number of benzene rings is 1. The number of carbonyl (C=O) groups is 2. The van der Waals surface area contributed by atoms with E-state index in [0.29, 0.717) is 13.1 Å². The van der Waals surface area contributed by atoms with Crippen LogP contribution in [0.1, 0.15) is 42.5 Å². The Labute approximate surface area is 141 Å². The van der Waals surface area contributed by atoms with Gasteiger partial charge in [-0.05, 0) is 37.8 Å². The van der Waals surface area contributed by atoms with E-state index in [1.54, 1.807) is 0 Å². The summed E-state index contributed by atoms with van der Waals surface area (Å²) in [6.45, 7) is 2.25. The summed E-state index contributed by atoms with van der Waals surface area (Å²) >= 11 is 0. The number of piperidine rings is 1. The first-order valence-electron chi connectivity index (χ1n) is 8.20. The van der Waals surface area contributed by atoms with Gasteiger partial charge in [0, 0.05) is 19.5 Å². The first kappa shape index (κ1) is 18.2. The maximum Gasteiger partial charge on any atom is 0.257 e. The molecule has 132 valence electrons. The molecule has 0 saturated carbocycles. The molecule has 2 amide bonds. The van der Waals surface area contributed by atoms with Crippen molar-refractivity contribution < 1.29 is 20.5 Å². The molecule has 1 atom stereocenters. The van der Waals surface area contributed by atoms with Gasteiger partial charge in [0.05, 0.1) is 17.9 Å². The molecule has 0 bridgehead atoms. The predicted molar refractivity (Wildman–Crippen MR) is 90.6 cm³/mol. The van der Waals surface area contributed by atoms with Crippen LogP contribution in [-0.4, -0.2) is 58.5 Å². The summed E-state index contributed by atoms with van der Waals surface area (Å²) in [5.74, 6) is 0.376. The maximum atomic E-state index is 12.7. The fourth-order valence-electron chi connectivity index (χ4n) is 3.90. The van der Waals surface area contributed by atoms with Crippen molar-refractivity contribution in [2.45, 2.75) is 38.3 Å². The Bertz CT molecular complexity index is 622. The van der Waals surface area contributed by atoms with E-state index in [1.165, 1.54) is 0 Å². The van der Waals surface area contributed by atoms with Gasteiger partial charge in [-0.15, -0.1) is 0 Å². The van der Waals surface area contributed by atoms with E-state index in [1.807, 2.05) is 34.1 Å². The summed E-state index contributed by atoms with van der Waals surface area (Å²) in [6, 6.07) is 7.81. The number of amides is 2. The van der Waals surface area contributed by atoms with Gasteiger partial charge in [0.15, 0.2) is 0 Å². The van der Waals surface area contributed by atoms with Gasteiger partial charge < -0.3 is 25.7 Å². The summed E-state index contributed by atoms with van der Waals surface area (Å²) in [6.07, 6.45) is 4.90. The standard InChI is InChI=1S/C17H21N3O2.2H2O/c21-16-9-5-10-18(16)12-20-14-7-2-1-6-13(14)17(22)19-11-4-3-8-15(19)20;;/h1-2,6-7,15H,3-5,8-12H2;2*1H2/t15-;;/m0../s1. The number of anilines is 1. The average Bonchev–Trinajstić information content (AvgIpc) is 2.96. The molecule has 3 aliphatic rings. The summed E-state index contributed by atoms with van der Waals surface area (Å²) in [4.78, 5) is 30.9. The van der Waals surface area contributed by atoms with E-state index in [9.17, 15) is 9.59 Å². The van der Waals surface area contributed by atoms with Gasteiger partial charge in [0.2, 0.25) is 5.91 Å². The normalized spacial score (nSPS) is 22.5. The van der Waals surface area contributed by atoms with E-state index in [0.717, 1.165) is 50.0 Å². The quantitative estimate of drug-likeness (QED) is 0.780. The van der Waals surface area contributed by atoms with E-state index in [2.05, 4.69) is 4.90 Å². The molecular formula is C17H25N3O4. The van der Waals surface area contributed by atoms with Crippen molar-refractivity contribution in [2.24, 2.45) is 0 Å². The van der Waals surface area contributed by atoms with Crippen molar-refractivity contribution in [3.05, 3.63) is 29.8 Å². The number of para-hydroxylation sites is 1. The van der Waals surface area contributed by atoms with Gasteiger partial charge in [-0.3, -0.25) is 9.59 Å². The lowest BCUT2D eigenvalue weighted by Gasteiger charge is -2.48. The fourth-order valence-corrected chi connectivity index (χ4v) is 3.90. The highest BCUT2D eigenvalue weighted by atomic mass is 16.2.